The van der Waals surface area contributed by atoms with Crippen LogP contribution in [0.15, 0.2) is 95.9 Å². The first-order valence-electron chi connectivity index (χ1n) is 8.12. The van der Waals surface area contributed by atoms with Gasteiger partial charge in [-0.05, 0) is 29.7 Å². The second-order valence-electron chi connectivity index (χ2n) is 6.36. The van der Waals surface area contributed by atoms with Crippen LogP contribution in [-0.2, 0) is 15.3 Å². The van der Waals surface area contributed by atoms with Crippen LogP contribution in [-0.4, -0.2) is 12.1 Å². The van der Waals surface area contributed by atoms with Crippen molar-refractivity contribution in [3.8, 4) is 0 Å². The maximum atomic E-state index is 13.4. The molecule has 1 unspecified atom stereocenters. The van der Waals surface area contributed by atoms with E-state index in [4.69, 9.17) is 0 Å². The molecule has 1 aliphatic carbocycles. The van der Waals surface area contributed by atoms with Gasteiger partial charge in [-0.2, -0.15) is 0 Å². The third-order valence-corrected chi connectivity index (χ3v) is 9.49. The van der Waals surface area contributed by atoms with Crippen molar-refractivity contribution >= 4 is 25.8 Å². The maximum Gasteiger partial charge on any atom is 0.195 e. The van der Waals surface area contributed by atoms with Crippen molar-refractivity contribution in [3.63, 3.8) is 0 Å². The molecule has 0 radical (unpaired) electrons. The number of halogens is 1. The van der Waals surface area contributed by atoms with Gasteiger partial charge in [0.05, 0.1) is 10.3 Å². The Hall–Kier alpha value is -1.91. The molecule has 0 aliphatic heterocycles. The Morgan fingerprint density at radius 1 is 0.680 bits per heavy atom. The first kappa shape index (κ1) is 16.6. The van der Waals surface area contributed by atoms with E-state index in [-0.39, 0.29) is 0 Å². The van der Waals surface area contributed by atoms with Crippen molar-refractivity contribution in [2.24, 2.45) is 0 Å². The van der Waals surface area contributed by atoms with Gasteiger partial charge in [0.15, 0.2) is 9.84 Å². The van der Waals surface area contributed by atoms with Crippen LogP contribution >= 0.6 is 15.9 Å². The Kier molecular flexibility index (Phi) is 3.85. The van der Waals surface area contributed by atoms with Crippen LogP contribution in [0.3, 0.4) is 0 Å². The summed E-state index contributed by atoms with van der Waals surface area (Å²) in [5.74, 6) is 0. The number of alkyl halides is 1. The van der Waals surface area contributed by atoms with Gasteiger partial charge in [-0.3, -0.25) is 0 Å². The highest BCUT2D eigenvalue weighted by Gasteiger charge is 2.75. The Labute approximate surface area is 156 Å². The molecule has 1 aliphatic rings. The van der Waals surface area contributed by atoms with E-state index in [2.05, 4.69) is 15.9 Å². The standard InChI is InChI=1S/C21H17BrO2S/c22-21(25(23,24)19-14-8-3-9-15-19)16-20(21,17-10-4-1-5-11-17)18-12-6-2-7-13-18/h1-15H,16H2. The van der Waals surface area contributed by atoms with E-state index >= 15 is 0 Å². The number of benzene rings is 3. The van der Waals surface area contributed by atoms with Crippen molar-refractivity contribution in [3.05, 3.63) is 102 Å². The van der Waals surface area contributed by atoms with Crippen LogP contribution in [0.1, 0.15) is 17.5 Å². The molecule has 0 aromatic heterocycles. The normalized spacial score (nSPS) is 21.6. The molecule has 4 rings (SSSR count). The summed E-state index contributed by atoms with van der Waals surface area (Å²) in [6.07, 6.45) is 0.505. The number of rotatable bonds is 4. The summed E-state index contributed by atoms with van der Waals surface area (Å²) in [6.45, 7) is 0. The molecule has 0 saturated heterocycles. The van der Waals surface area contributed by atoms with Crippen LogP contribution in [0.4, 0.5) is 0 Å². The fourth-order valence-corrected chi connectivity index (χ4v) is 7.08. The Morgan fingerprint density at radius 3 is 1.52 bits per heavy atom. The Balaban J connectivity index is 1.92. The van der Waals surface area contributed by atoms with Crippen molar-refractivity contribution in [2.45, 2.75) is 20.4 Å². The minimum absolute atomic E-state index is 0.348. The summed E-state index contributed by atoms with van der Waals surface area (Å²) in [4.78, 5) is 0.348. The zero-order valence-electron chi connectivity index (χ0n) is 13.5. The fraction of sp³-hybridized carbons (Fsp3) is 0.143. The molecule has 4 heteroatoms. The first-order chi connectivity index (χ1) is 12.0. The lowest BCUT2D eigenvalue weighted by atomic mass is 9.88. The van der Waals surface area contributed by atoms with Gasteiger partial charge in [-0.15, -0.1) is 0 Å². The van der Waals surface area contributed by atoms with Crippen LogP contribution in [0.25, 0.3) is 0 Å². The quantitative estimate of drug-likeness (QED) is 0.568. The molecule has 25 heavy (non-hydrogen) atoms. The molecule has 0 spiro atoms. The van der Waals surface area contributed by atoms with E-state index < -0.39 is 18.9 Å². The Bertz CT molecular complexity index is 946. The lowest BCUT2D eigenvalue weighted by molar-refractivity contribution is 0.588. The zero-order chi connectivity index (χ0) is 17.5. The molecular weight excluding hydrogens is 396 g/mol. The van der Waals surface area contributed by atoms with Gasteiger partial charge in [0, 0.05) is 0 Å². The lowest BCUT2D eigenvalue weighted by Gasteiger charge is -2.23. The average Bonchev–Trinajstić information content (AvgIpc) is 3.33. The molecule has 1 atom stereocenters. The summed E-state index contributed by atoms with van der Waals surface area (Å²) >= 11 is 3.66. The van der Waals surface area contributed by atoms with Crippen molar-refractivity contribution in [2.75, 3.05) is 0 Å². The van der Waals surface area contributed by atoms with Crippen LogP contribution < -0.4 is 0 Å². The predicted octanol–water partition coefficient (Wildman–Crippen LogP) is 4.94. The summed E-state index contributed by atoms with van der Waals surface area (Å²) in [5, 5.41) is 0. The molecule has 126 valence electrons. The highest BCUT2D eigenvalue weighted by molar-refractivity contribution is 9.12. The minimum Gasteiger partial charge on any atom is -0.222 e. The van der Waals surface area contributed by atoms with Crippen molar-refractivity contribution in [1.82, 2.24) is 0 Å². The SMILES string of the molecule is O=S(=O)(c1ccccc1)C1(Br)CC1(c1ccccc1)c1ccccc1. The number of hydrogen-bond donors (Lipinski definition) is 0. The second-order valence-corrected chi connectivity index (χ2v) is 10.4. The number of sulfone groups is 1. The van der Waals surface area contributed by atoms with Crippen molar-refractivity contribution < 1.29 is 8.42 Å². The van der Waals surface area contributed by atoms with E-state index in [9.17, 15) is 8.42 Å². The first-order valence-corrected chi connectivity index (χ1v) is 10.4. The molecule has 0 heterocycles. The largest absolute Gasteiger partial charge is 0.222 e. The van der Waals surface area contributed by atoms with E-state index in [1.54, 1.807) is 24.3 Å². The van der Waals surface area contributed by atoms with E-state index in [1.165, 1.54) is 0 Å². The van der Waals surface area contributed by atoms with Crippen molar-refractivity contribution in [1.29, 1.82) is 0 Å². The topological polar surface area (TPSA) is 34.1 Å². The molecule has 3 aromatic rings. The minimum atomic E-state index is -3.55. The molecule has 2 nitrogen and oxygen atoms in total. The maximum absolute atomic E-state index is 13.4. The monoisotopic (exact) mass is 412 g/mol. The van der Waals surface area contributed by atoms with Gasteiger partial charge in [-0.1, -0.05) is 94.8 Å². The average molecular weight is 413 g/mol. The summed E-state index contributed by atoms with van der Waals surface area (Å²) < 4.78 is 25.8. The molecule has 3 aromatic carbocycles. The van der Waals surface area contributed by atoms with Crippen LogP contribution in [0.2, 0.25) is 0 Å². The van der Waals surface area contributed by atoms with Gasteiger partial charge in [0.2, 0.25) is 0 Å². The predicted molar refractivity (Wildman–Crippen MR) is 104 cm³/mol. The fourth-order valence-electron chi connectivity index (χ4n) is 3.65. The highest BCUT2D eigenvalue weighted by Crippen LogP contribution is 2.70. The third kappa shape index (κ3) is 2.31. The summed E-state index contributed by atoms with van der Waals surface area (Å²) in [5.41, 5.74) is 1.43. The molecule has 1 fully saturated rings. The molecule has 0 N–H and O–H groups in total. The Morgan fingerprint density at radius 2 is 1.08 bits per heavy atom. The third-order valence-electron chi connectivity index (χ3n) is 5.02. The second kappa shape index (κ2) is 5.82. The highest BCUT2D eigenvalue weighted by atomic mass is 79.9. The molecule has 0 amide bonds. The van der Waals surface area contributed by atoms with Gasteiger partial charge in [-0.25, -0.2) is 8.42 Å². The van der Waals surface area contributed by atoms with Gasteiger partial charge in [0.25, 0.3) is 0 Å². The summed E-state index contributed by atoms with van der Waals surface area (Å²) in [7, 11) is -3.55. The lowest BCUT2D eigenvalue weighted by Crippen LogP contribution is -2.28. The van der Waals surface area contributed by atoms with E-state index in [0.717, 1.165) is 11.1 Å². The van der Waals surface area contributed by atoms with Gasteiger partial charge >= 0.3 is 0 Å². The van der Waals surface area contributed by atoms with Crippen LogP contribution in [0, 0.1) is 0 Å². The molecule has 1 saturated carbocycles. The van der Waals surface area contributed by atoms with E-state index in [1.807, 2.05) is 66.7 Å². The van der Waals surface area contributed by atoms with Gasteiger partial charge < -0.3 is 0 Å². The van der Waals surface area contributed by atoms with Crippen LogP contribution in [0.5, 0.6) is 0 Å². The molecular formula is C21H17BrO2S. The smallest absolute Gasteiger partial charge is 0.195 e. The number of hydrogen-bond acceptors (Lipinski definition) is 2. The van der Waals surface area contributed by atoms with Gasteiger partial charge in [0.1, 0.15) is 3.66 Å². The zero-order valence-corrected chi connectivity index (χ0v) is 15.9. The molecule has 0 bridgehead atoms. The summed E-state index contributed by atoms with van der Waals surface area (Å²) in [6, 6.07) is 28.5. The van der Waals surface area contributed by atoms with E-state index in [0.29, 0.717) is 11.3 Å².